The molecule has 0 bridgehead atoms. The van der Waals surface area contributed by atoms with Crippen LogP contribution in [0.5, 0.6) is 0 Å². The maximum Gasteiger partial charge on any atom is 0.274 e. The quantitative estimate of drug-likeness (QED) is 0.686. The molecule has 144 valence electrons. The first kappa shape index (κ1) is 19.7. The van der Waals surface area contributed by atoms with Crippen molar-refractivity contribution < 1.29 is 9.59 Å². The lowest BCUT2D eigenvalue weighted by atomic mass is 10.1. The molecule has 2 heterocycles. The average Bonchev–Trinajstić information content (AvgIpc) is 2.98. The van der Waals surface area contributed by atoms with E-state index in [1.54, 1.807) is 35.6 Å². The van der Waals surface area contributed by atoms with Crippen molar-refractivity contribution in [1.29, 1.82) is 0 Å². The van der Waals surface area contributed by atoms with E-state index in [1.807, 2.05) is 39.8 Å². The van der Waals surface area contributed by atoms with Gasteiger partial charge in [-0.15, -0.1) is 11.3 Å². The van der Waals surface area contributed by atoms with Crippen LogP contribution in [-0.4, -0.2) is 21.8 Å². The summed E-state index contributed by atoms with van der Waals surface area (Å²) >= 11 is 1.57. The number of pyridine rings is 1. The number of carbonyl (C=O) groups is 2. The van der Waals surface area contributed by atoms with E-state index in [9.17, 15) is 9.59 Å². The molecular formula is C21H22N4O2S. The van der Waals surface area contributed by atoms with Gasteiger partial charge in [0.15, 0.2) is 0 Å². The fraction of sp³-hybridized carbons (Fsp3) is 0.238. The van der Waals surface area contributed by atoms with Crippen molar-refractivity contribution in [2.24, 2.45) is 0 Å². The minimum absolute atomic E-state index is 0.199. The van der Waals surface area contributed by atoms with Crippen LogP contribution in [0.2, 0.25) is 0 Å². The van der Waals surface area contributed by atoms with E-state index in [0.717, 1.165) is 26.8 Å². The highest BCUT2D eigenvalue weighted by atomic mass is 32.1. The maximum absolute atomic E-state index is 12.5. The van der Waals surface area contributed by atoms with Gasteiger partial charge in [0.2, 0.25) is 0 Å². The zero-order chi connectivity index (χ0) is 20.3. The molecule has 28 heavy (non-hydrogen) atoms. The Morgan fingerprint density at radius 2 is 1.79 bits per heavy atom. The zero-order valence-corrected chi connectivity index (χ0v) is 17.1. The first-order valence-corrected chi connectivity index (χ1v) is 9.72. The van der Waals surface area contributed by atoms with E-state index in [4.69, 9.17) is 0 Å². The van der Waals surface area contributed by atoms with Crippen molar-refractivity contribution in [3.63, 3.8) is 0 Å². The highest BCUT2D eigenvalue weighted by Gasteiger charge is 2.13. The molecule has 0 saturated carbocycles. The lowest BCUT2D eigenvalue weighted by Gasteiger charge is -2.11. The lowest BCUT2D eigenvalue weighted by Crippen LogP contribution is -2.23. The molecule has 2 amide bonds. The molecule has 1 aromatic carbocycles. The Balaban J connectivity index is 1.72. The highest BCUT2D eigenvalue weighted by Crippen LogP contribution is 2.19. The van der Waals surface area contributed by atoms with Crippen LogP contribution in [0, 0.1) is 27.7 Å². The van der Waals surface area contributed by atoms with Crippen molar-refractivity contribution in [1.82, 2.24) is 15.3 Å². The number of amides is 2. The number of nitrogens with zero attached hydrogens (tertiary/aromatic N) is 2. The molecular weight excluding hydrogens is 372 g/mol. The topological polar surface area (TPSA) is 84.0 Å². The average molecular weight is 395 g/mol. The number of thiazole rings is 1. The van der Waals surface area contributed by atoms with E-state index >= 15 is 0 Å². The number of aromatic nitrogens is 2. The number of carbonyl (C=O) groups excluding carboxylic acids is 2. The summed E-state index contributed by atoms with van der Waals surface area (Å²) in [7, 11) is 0. The Morgan fingerprint density at radius 1 is 1.00 bits per heavy atom. The van der Waals surface area contributed by atoms with Gasteiger partial charge in [-0.05, 0) is 57.5 Å². The summed E-state index contributed by atoms with van der Waals surface area (Å²) in [4.78, 5) is 34.7. The summed E-state index contributed by atoms with van der Waals surface area (Å²) in [5, 5.41) is 6.74. The summed E-state index contributed by atoms with van der Waals surface area (Å²) in [6.07, 6.45) is 0. The molecule has 0 aliphatic carbocycles. The van der Waals surface area contributed by atoms with Crippen LogP contribution < -0.4 is 10.6 Å². The Kier molecular flexibility index (Phi) is 5.84. The fourth-order valence-electron chi connectivity index (χ4n) is 2.75. The third kappa shape index (κ3) is 4.61. The molecule has 2 aromatic heterocycles. The summed E-state index contributed by atoms with van der Waals surface area (Å²) in [5.74, 6) is -0.505. The van der Waals surface area contributed by atoms with Gasteiger partial charge in [0.25, 0.3) is 11.8 Å². The van der Waals surface area contributed by atoms with Crippen LogP contribution in [0.4, 0.5) is 5.69 Å². The van der Waals surface area contributed by atoms with Gasteiger partial charge in [-0.25, -0.2) is 9.97 Å². The third-order valence-electron chi connectivity index (χ3n) is 4.28. The van der Waals surface area contributed by atoms with E-state index in [1.165, 1.54) is 0 Å². The van der Waals surface area contributed by atoms with Gasteiger partial charge in [0, 0.05) is 21.8 Å². The molecule has 0 aliphatic heterocycles. The first-order chi connectivity index (χ1) is 13.3. The van der Waals surface area contributed by atoms with Gasteiger partial charge in [0.05, 0.1) is 17.2 Å². The Morgan fingerprint density at radius 3 is 2.46 bits per heavy atom. The van der Waals surface area contributed by atoms with Crippen molar-refractivity contribution >= 4 is 28.8 Å². The van der Waals surface area contributed by atoms with Crippen LogP contribution in [0.25, 0.3) is 0 Å². The molecule has 3 rings (SSSR count). The minimum atomic E-state index is -0.305. The highest BCUT2D eigenvalue weighted by molar-refractivity contribution is 7.11. The van der Waals surface area contributed by atoms with Gasteiger partial charge in [-0.1, -0.05) is 12.1 Å². The number of rotatable bonds is 5. The molecule has 7 heteroatoms. The molecule has 0 radical (unpaired) electrons. The molecule has 0 aliphatic rings. The molecule has 0 unspecified atom stereocenters. The minimum Gasteiger partial charge on any atom is -0.347 e. The Labute approximate surface area is 168 Å². The van der Waals surface area contributed by atoms with Crippen LogP contribution in [0.3, 0.4) is 0 Å². The number of anilines is 1. The second-order valence-electron chi connectivity index (χ2n) is 6.57. The largest absolute Gasteiger partial charge is 0.347 e. The van der Waals surface area contributed by atoms with Crippen LogP contribution >= 0.6 is 11.3 Å². The van der Waals surface area contributed by atoms with E-state index < -0.39 is 0 Å². The normalized spacial score (nSPS) is 10.6. The van der Waals surface area contributed by atoms with Crippen molar-refractivity contribution in [3.05, 3.63) is 74.5 Å². The lowest BCUT2D eigenvalue weighted by molar-refractivity contribution is 0.0949. The number of aryl methyl sites for hydroxylation is 4. The van der Waals surface area contributed by atoms with Gasteiger partial charge in [-0.2, -0.15) is 0 Å². The second kappa shape index (κ2) is 8.31. The van der Waals surface area contributed by atoms with Crippen molar-refractivity contribution in [2.75, 3.05) is 5.32 Å². The molecule has 0 saturated heterocycles. The smallest absolute Gasteiger partial charge is 0.274 e. The zero-order valence-electron chi connectivity index (χ0n) is 16.3. The van der Waals surface area contributed by atoms with Crippen LogP contribution in [0.15, 0.2) is 36.4 Å². The molecule has 0 atom stereocenters. The van der Waals surface area contributed by atoms with Gasteiger partial charge in [0.1, 0.15) is 5.69 Å². The van der Waals surface area contributed by atoms with Crippen LogP contribution in [0.1, 0.15) is 47.7 Å². The third-order valence-corrected chi connectivity index (χ3v) is 5.35. The molecule has 6 nitrogen and oxygen atoms in total. The van der Waals surface area contributed by atoms with Gasteiger partial charge in [-0.3, -0.25) is 9.59 Å². The van der Waals surface area contributed by atoms with E-state index in [2.05, 4.69) is 20.6 Å². The Bertz CT molecular complexity index is 1040. The second-order valence-corrected chi connectivity index (χ2v) is 7.86. The number of hydrogen-bond donors (Lipinski definition) is 2. The number of hydrogen-bond acceptors (Lipinski definition) is 5. The van der Waals surface area contributed by atoms with Crippen molar-refractivity contribution in [2.45, 2.75) is 34.2 Å². The van der Waals surface area contributed by atoms with Crippen LogP contribution in [-0.2, 0) is 6.54 Å². The van der Waals surface area contributed by atoms with E-state index in [0.29, 0.717) is 23.5 Å². The number of benzene rings is 1. The predicted molar refractivity (Wildman–Crippen MR) is 111 cm³/mol. The first-order valence-electron chi connectivity index (χ1n) is 8.90. The van der Waals surface area contributed by atoms with Crippen molar-refractivity contribution in [3.8, 4) is 0 Å². The summed E-state index contributed by atoms with van der Waals surface area (Å²) in [6, 6.07) is 10.5. The van der Waals surface area contributed by atoms with Gasteiger partial charge >= 0.3 is 0 Å². The number of nitrogens with one attached hydrogen (secondary N) is 2. The summed E-state index contributed by atoms with van der Waals surface area (Å²) < 4.78 is 0. The molecule has 0 fully saturated rings. The SMILES string of the molecule is Cc1cccc(C(=O)Nc2cc(C(=O)NCc3sc(C)nc3C)ccc2C)n1. The maximum atomic E-state index is 12.5. The molecule has 3 aromatic rings. The Hall–Kier alpha value is -3.06. The van der Waals surface area contributed by atoms with E-state index in [-0.39, 0.29) is 11.8 Å². The standard InChI is InChI=1S/C21H22N4O2S/c1-12-8-9-16(20(26)22-11-19-14(3)24-15(4)28-19)10-18(12)25-21(27)17-7-5-6-13(2)23-17/h5-10H,11H2,1-4H3,(H,22,26)(H,25,27). The monoisotopic (exact) mass is 394 g/mol. The van der Waals surface area contributed by atoms with Gasteiger partial charge < -0.3 is 10.6 Å². The predicted octanol–water partition coefficient (Wildman–Crippen LogP) is 3.95. The molecule has 0 spiro atoms. The fourth-order valence-corrected chi connectivity index (χ4v) is 3.63. The summed E-state index contributed by atoms with van der Waals surface area (Å²) in [6.45, 7) is 8.02. The molecule has 2 N–H and O–H groups in total. The summed E-state index contributed by atoms with van der Waals surface area (Å²) in [5.41, 5.74) is 3.98.